The van der Waals surface area contributed by atoms with Crippen molar-refractivity contribution in [1.29, 1.82) is 0 Å². The number of thiophene rings is 1. The Morgan fingerprint density at radius 3 is 1.11 bits per heavy atom. The molecule has 0 aliphatic heterocycles. The predicted octanol–water partition coefficient (Wildman–Crippen LogP) is 33.2. The van der Waals surface area contributed by atoms with E-state index in [0.29, 0.717) is 46.6 Å². The fraction of sp³-hybridized carbons (Fsp3) is 0.0161. The molecule has 0 saturated carbocycles. The number of para-hydroxylation sites is 2. The molecule has 142 heavy (non-hydrogen) atoms. The molecule has 0 amide bonds. The van der Waals surface area contributed by atoms with Gasteiger partial charge in [-0.2, -0.15) is 39.9 Å². The second-order valence-corrected chi connectivity index (χ2v) is 36.9. The molecule has 26 rings (SSSR count). The maximum Gasteiger partial charge on any atom is 0.226 e. The van der Waals surface area contributed by atoms with Crippen LogP contribution >= 0.6 is 57.7 Å². The predicted molar refractivity (Wildman–Crippen MR) is 584 cm³/mol. The number of nitrogens with zero attached hydrogens (tertiary/aromatic N) is 13. The molecule has 6 aromatic heterocycles. The summed E-state index contributed by atoms with van der Waals surface area (Å²) < 4.78 is 4.72. The monoisotopic (exact) mass is 1920 g/mol. The molecule has 0 bridgehead atoms. The van der Waals surface area contributed by atoms with Crippen LogP contribution in [0.3, 0.4) is 0 Å². The van der Waals surface area contributed by atoms with E-state index in [4.69, 9.17) is 66.3 Å². The van der Waals surface area contributed by atoms with Crippen LogP contribution in [-0.2, 0) is 5.41 Å². The largest absolute Gasteiger partial charge is 0.309 e. The third kappa shape index (κ3) is 17.9. The normalized spacial score (nSPS) is 11.8. The van der Waals surface area contributed by atoms with Crippen molar-refractivity contribution < 1.29 is 0 Å². The number of rotatable bonds is 14. The van der Waals surface area contributed by atoms with Crippen LogP contribution in [0.4, 0.5) is 0 Å². The quantitative estimate of drug-likeness (QED) is 0.102. The second kappa shape index (κ2) is 39.1. The number of hydrogen-bond donors (Lipinski definition) is 0. The van der Waals surface area contributed by atoms with Gasteiger partial charge in [0.05, 0.1) is 11.0 Å². The van der Waals surface area contributed by atoms with Gasteiger partial charge in [0, 0.05) is 86.6 Å². The summed E-state index contributed by atoms with van der Waals surface area (Å²) in [5, 5.41) is 9.88. The van der Waals surface area contributed by atoms with Crippen LogP contribution < -0.4 is 0 Å². The third-order valence-corrected chi connectivity index (χ3v) is 27.7. The van der Waals surface area contributed by atoms with Gasteiger partial charge in [0.1, 0.15) is 0 Å². The van der Waals surface area contributed by atoms with Crippen LogP contribution in [0.1, 0.15) is 23.6 Å². The number of hydrogen-bond acceptors (Lipinski definition) is 13. The van der Waals surface area contributed by atoms with E-state index < -0.39 is 0 Å². The summed E-state index contributed by atoms with van der Waals surface area (Å²) in [5.41, 5.74) is 25.8. The zero-order valence-electron chi connectivity index (χ0n) is 76.1. The third-order valence-electron chi connectivity index (χ3n) is 25.9. The van der Waals surface area contributed by atoms with Gasteiger partial charge in [-0.25, -0.2) is 19.9 Å². The maximum absolute atomic E-state index is 6.50. The Balaban J connectivity index is 0.000000106. The Labute approximate surface area is 842 Å². The zero-order chi connectivity index (χ0) is 95.6. The first-order valence-electron chi connectivity index (χ1n) is 46.4. The highest BCUT2D eigenvalue weighted by Crippen LogP contribution is 2.53. The molecule has 13 nitrogen and oxygen atoms in total. The summed E-state index contributed by atoms with van der Waals surface area (Å²) in [4.78, 5) is 55.2. The van der Waals surface area contributed by atoms with Gasteiger partial charge in [-0.3, -0.25) is 0 Å². The molecule has 6 heterocycles. The van der Waals surface area contributed by atoms with Crippen molar-refractivity contribution in [2.24, 2.45) is 0 Å². The molecule has 18 heteroatoms. The van der Waals surface area contributed by atoms with Gasteiger partial charge in [0.2, 0.25) is 21.1 Å². The van der Waals surface area contributed by atoms with Gasteiger partial charge in [0.25, 0.3) is 0 Å². The molecule has 674 valence electrons. The molecule has 1 aliphatic rings. The lowest BCUT2D eigenvalue weighted by Gasteiger charge is -2.28. The first-order chi connectivity index (χ1) is 69.9. The van der Waals surface area contributed by atoms with Crippen LogP contribution in [0.5, 0.6) is 0 Å². The Bertz CT molecular complexity index is 9010. The Hall–Kier alpha value is -17.1. The number of fused-ring (bicyclic) bond motifs is 11. The van der Waals surface area contributed by atoms with Crippen molar-refractivity contribution in [3.63, 3.8) is 0 Å². The SMILES string of the molecule is CC1(c2ccc(-c3nc(Cl)nc(-c4cccc5sc6ccccc6c45)n3)cc2)c2ccccc2-c2ccccc21.Clc1nc(-c2ccc(-c3ccccc3)cc2)nc(-c2cccc3c2c2ccccc2n3-c2ccccc2)n1.Clc1nc(-c2cccc(-c3ccccc3)c2)nc(-c2cc(-c3ccccc3)c3ccccc3c2)n1.Clc1nc(-c2cccc(-c3ccccc3)c2)nc(-c2ccc3ccccc3c2)n1. The van der Waals surface area contributed by atoms with Gasteiger partial charge in [-0.15, -0.1) is 11.3 Å². The number of benzene rings is 19. The summed E-state index contributed by atoms with van der Waals surface area (Å²) >= 11 is 27.4. The highest BCUT2D eigenvalue weighted by Gasteiger charge is 2.40. The zero-order valence-corrected chi connectivity index (χ0v) is 80.0. The molecular weight excluding hydrogens is 1850 g/mol. The minimum Gasteiger partial charge on any atom is -0.309 e. The molecular formula is C124H79Cl4N13S. The van der Waals surface area contributed by atoms with Crippen LogP contribution in [0.25, 0.3) is 216 Å². The van der Waals surface area contributed by atoms with Gasteiger partial charge in [0.15, 0.2) is 46.6 Å². The first-order valence-corrected chi connectivity index (χ1v) is 48.7. The average Bonchev–Trinajstić information content (AvgIpc) is 1.56. The molecule has 25 aromatic rings. The Morgan fingerprint density at radius 2 is 0.549 bits per heavy atom. The van der Waals surface area contributed by atoms with Crippen LogP contribution in [0.15, 0.2) is 461 Å². The smallest absolute Gasteiger partial charge is 0.226 e. The van der Waals surface area contributed by atoms with E-state index in [1.54, 1.807) is 11.3 Å². The first kappa shape index (κ1) is 88.9. The lowest BCUT2D eigenvalue weighted by atomic mass is 9.74. The minimum absolute atomic E-state index is 0.168. The lowest BCUT2D eigenvalue weighted by Crippen LogP contribution is -2.22. The standard InChI is InChI=1S/C35H22ClN3S.C33H21ClN4.C31H20ClN3.C25H16ClN3/c1-35(27-13-5-2-9-23(27)24-10-3-6-14-28(24)35)22-19-17-21(18-20-22)32-37-33(39-34(36)38-32)26-12-8-16-30-31(26)25-11-4-7-15-29(25)40-30;34-33-36-31(24-20-18-23(19-21-24)22-10-3-1-4-11-22)35-32(37-33)27-15-9-17-29-30(27)26-14-7-8-16-28(26)38(29)25-12-5-2-6-13-25;32-31-34-29(25-16-9-15-23(18-25)21-10-3-1-4-11-21)33-30(35-31)26-19-24-14-7-8-17-27(24)28(20-26)22-12-5-2-6-13-22;26-25-28-23(21-12-6-11-20(15-21)17-7-2-1-3-8-17)27-24(29-25)22-14-13-18-9-4-5-10-19(18)16-22/h2-20H,1H3;1-21H;1-20H;1-16H. The summed E-state index contributed by atoms with van der Waals surface area (Å²) in [6, 6.07) is 158. The molecule has 0 radical (unpaired) electrons. The summed E-state index contributed by atoms with van der Waals surface area (Å²) in [6.45, 7) is 2.32. The second-order valence-electron chi connectivity index (χ2n) is 34.5. The Kier molecular flexibility index (Phi) is 24.5. The molecule has 0 atom stereocenters. The van der Waals surface area contributed by atoms with Crippen molar-refractivity contribution in [2.75, 3.05) is 0 Å². The summed E-state index contributed by atoms with van der Waals surface area (Å²) in [6.07, 6.45) is 0. The maximum atomic E-state index is 6.50. The van der Waals surface area contributed by atoms with E-state index in [1.807, 2.05) is 133 Å². The van der Waals surface area contributed by atoms with Crippen molar-refractivity contribution in [3.05, 3.63) is 499 Å². The number of halogens is 4. The van der Waals surface area contributed by atoms with Crippen molar-refractivity contribution in [3.8, 4) is 152 Å². The highest BCUT2D eigenvalue weighted by molar-refractivity contribution is 7.26. The van der Waals surface area contributed by atoms with Crippen LogP contribution in [0, 0.1) is 0 Å². The van der Waals surface area contributed by atoms with E-state index in [0.717, 1.165) is 133 Å². The molecule has 0 fully saturated rings. The topological polar surface area (TPSA) is 160 Å². The van der Waals surface area contributed by atoms with Crippen LogP contribution in [-0.4, -0.2) is 64.4 Å². The molecule has 0 unspecified atom stereocenters. The molecule has 0 N–H and O–H groups in total. The molecule has 1 aliphatic carbocycles. The fourth-order valence-electron chi connectivity index (χ4n) is 19.2. The van der Waals surface area contributed by atoms with Crippen LogP contribution in [0.2, 0.25) is 21.1 Å². The van der Waals surface area contributed by atoms with Gasteiger partial charge in [-0.05, 0) is 214 Å². The van der Waals surface area contributed by atoms with E-state index in [-0.39, 0.29) is 26.5 Å². The molecule has 0 spiro atoms. The van der Waals surface area contributed by atoms with Crippen molar-refractivity contribution >= 4 is 121 Å². The Morgan fingerprint density at radius 1 is 0.204 bits per heavy atom. The van der Waals surface area contributed by atoms with E-state index in [9.17, 15) is 0 Å². The minimum atomic E-state index is -0.247. The van der Waals surface area contributed by atoms with Gasteiger partial charge >= 0.3 is 0 Å². The molecule has 0 saturated heterocycles. The summed E-state index contributed by atoms with van der Waals surface area (Å²) in [7, 11) is 0. The van der Waals surface area contributed by atoms with E-state index in [2.05, 4.69) is 379 Å². The van der Waals surface area contributed by atoms with Crippen molar-refractivity contribution in [2.45, 2.75) is 12.3 Å². The fourth-order valence-corrected chi connectivity index (χ4v) is 20.9. The van der Waals surface area contributed by atoms with Crippen molar-refractivity contribution in [1.82, 2.24) is 64.4 Å². The summed E-state index contributed by atoms with van der Waals surface area (Å²) in [5.74, 6) is 4.47. The van der Waals surface area contributed by atoms with Gasteiger partial charge in [-0.1, -0.05) is 394 Å². The molecule has 19 aromatic carbocycles. The lowest BCUT2D eigenvalue weighted by molar-refractivity contribution is 0.714. The number of aromatic nitrogens is 13. The van der Waals surface area contributed by atoms with E-state index >= 15 is 0 Å². The van der Waals surface area contributed by atoms with Gasteiger partial charge < -0.3 is 4.57 Å². The average molecular weight is 1920 g/mol. The van der Waals surface area contributed by atoms with E-state index in [1.165, 1.54) is 53.4 Å². The highest BCUT2D eigenvalue weighted by atomic mass is 35.5.